The molecule has 42 heavy (non-hydrogen) atoms. The van der Waals surface area contributed by atoms with Crippen LogP contribution in [0.2, 0.25) is 0 Å². The maximum atomic E-state index is 14.3. The number of para-hydroxylation sites is 1. The van der Waals surface area contributed by atoms with Gasteiger partial charge in [0, 0.05) is 12.1 Å². The first kappa shape index (κ1) is 27.1. The van der Waals surface area contributed by atoms with Crippen molar-refractivity contribution < 1.29 is 19.0 Å². The molecule has 1 unspecified atom stereocenters. The second kappa shape index (κ2) is 11.8. The highest BCUT2D eigenvalue weighted by atomic mass is 16.7. The zero-order chi connectivity index (χ0) is 29.1. The van der Waals surface area contributed by atoms with Gasteiger partial charge in [0.1, 0.15) is 11.6 Å². The summed E-state index contributed by atoms with van der Waals surface area (Å²) in [6.07, 6.45) is 1.17. The molecule has 1 aromatic heterocycles. The Balaban J connectivity index is 1.50. The second-order valence-electron chi connectivity index (χ2n) is 10.1. The predicted molar refractivity (Wildman–Crippen MR) is 161 cm³/mol. The number of nitrogens with zero attached hydrogens (tertiary/aromatic N) is 3. The number of aromatic nitrogens is 2. The van der Waals surface area contributed by atoms with E-state index in [9.17, 15) is 9.59 Å². The van der Waals surface area contributed by atoms with Gasteiger partial charge in [-0.1, -0.05) is 49.4 Å². The smallest absolute Gasteiger partial charge is 0.266 e. The van der Waals surface area contributed by atoms with Crippen LogP contribution in [0.25, 0.3) is 16.6 Å². The third-order valence-electron chi connectivity index (χ3n) is 7.56. The summed E-state index contributed by atoms with van der Waals surface area (Å²) in [5, 5.41) is 0.504. The SMILES string of the molecule is CCC(c1nc2ccccc2c(=O)n1-c1ccc(OC)cc1)N(CCc1ccccc1)C(=O)c1ccc2c(c1)OCO2. The van der Waals surface area contributed by atoms with Gasteiger partial charge in [0.15, 0.2) is 11.5 Å². The van der Waals surface area contributed by atoms with Crippen LogP contribution in [0, 0.1) is 0 Å². The maximum Gasteiger partial charge on any atom is 0.266 e. The Bertz CT molecular complexity index is 1780. The molecule has 1 aliphatic heterocycles. The van der Waals surface area contributed by atoms with Crippen LogP contribution in [0.3, 0.4) is 0 Å². The number of amides is 1. The van der Waals surface area contributed by atoms with E-state index in [1.165, 1.54) is 0 Å². The number of carbonyl (C=O) groups is 1. The molecule has 0 aliphatic carbocycles. The molecule has 1 atom stereocenters. The molecule has 0 fully saturated rings. The van der Waals surface area contributed by atoms with Crippen molar-refractivity contribution >= 4 is 16.8 Å². The van der Waals surface area contributed by atoms with Crippen molar-refractivity contribution in [3.63, 3.8) is 0 Å². The van der Waals surface area contributed by atoms with Gasteiger partial charge in [-0.25, -0.2) is 4.98 Å². The molecule has 0 N–H and O–H groups in total. The van der Waals surface area contributed by atoms with E-state index in [1.807, 2.05) is 84.6 Å². The van der Waals surface area contributed by atoms with E-state index in [0.717, 1.165) is 5.56 Å². The fourth-order valence-corrected chi connectivity index (χ4v) is 5.39. The average molecular weight is 562 g/mol. The summed E-state index contributed by atoms with van der Waals surface area (Å²) in [5.74, 6) is 2.14. The number of benzene rings is 4. The molecule has 0 saturated heterocycles. The predicted octanol–water partition coefficient (Wildman–Crippen LogP) is 5.96. The number of carbonyl (C=O) groups excluding carboxylic acids is 1. The van der Waals surface area contributed by atoms with Crippen molar-refractivity contribution in [2.75, 3.05) is 20.4 Å². The highest BCUT2D eigenvalue weighted by Crippen LogP contribution is 2.34. The van der Waals surface area contributed by atoms with Gasteiger partial charge in [0.2, 0.25) is 6.79 Å². The Morgan fingerprint density at radius 1 is 0.952 bits per heavy atom. The summed E-state index contributed by atoms with van der Waals surface area (Å²) in [5.41, 5.74) is 2.61. The van der Waals surface area contributed by atoms with Crippen LogP contribution < -0.4 is 19.8 Å². The van der Waals surface area contributed by atoms with Crippen LogP contribution in [0.5, 0.6) is 17.2 Å². The van der Waals surface area contributed by atoms with Gasteiger partial charge in [0.25, 0.3) is 11.5 Å². The highest BCUT2D eigenvalue weighted by molar-refractivity contribution is 5.95. The lowest BCUT2D eigenvalue weighted by atomic mass is 10.1. The minimum Gasteiger partial charge on any atom is -0.497 e. The van der Waals surface area contributed by atoms with Crippen LogP contribution in [0.1, 0.15) is 41.1 Å². The van der Waals surface area contributed by atoms with Gasteiger partial charge >= 0.3 is 0 Å². The molecular weight excluding hydrogens is 530 g/mol. The molecule has 2 heterocycles. The quantitative estimate of drug-likeness (QED) is 0.221. The minimum atomic E-state index is -0.508. The lowest BCUT2D eigenvalue weighted by Crippen LogP contribution is -2.39. The summed E-state index contributed by atoms with van der Waals surface area (Å²) >= 11 is 0. The van der Waals surface area contributed by atoms with Crippen molar-refractivity contribution in [3.05, 3.63) is 124 Å². The fraction of sp³-hybridized carbons (Fsp3) is 0.206. The Kier molecular flexibility index (Phi) is 7.60. The molecule has 212 valence electrons. The highest BCUT2D eigenvalue weighted by Gasteiger charge is 2.30. The first-order valence-electron chi connectivity index (χ1n) is 14.0. The topological polar surface area (TPSA) is 82.9 Å². The maximum absolute atomic E-state index is 14.3. The molecule has 5 aromatic rings. The Morgan fingerprint density at radius 2 is 1.69 bits per heavy atom. The molecule has 4 aromatic carbocycles. The van der Waals surface area contributed by atoms with Crippen LogP contribution in [-0.2, 0) is 6.42 Å². The Labute approximate surface area is 243 Å². The van der Waals surface area contributed by atoms with Crippen molar-refractivity contribution in [1.82, 2.24) is 14.5 Å². The monoisotopic (exact) mass is 561 g/mol. The Morgan fingerprint density at radius 3 is 2.45 bits per heavy atom. The first-order valence-corrected chi connectivity index (χ1v) is 14.0. The van der Waals surface area contributed by atoms with E-state index in [2.05, 4.69) is 0 Å². The van der Waals surface area contributed by atoms with Crippen LogP contribution in [-0.4, -0.2) is 40.8 Å². The molecule has 0 spiro atoms. The van der Waals surface area contributed by atoms with E-state index in [1.54, 1.807) is 35.9 Å². The number of ether oxygens (including phenoxy) is 3. The lowest BCUT2D eigenvalue weighted by Gasteiger charge is -2.32. The molecule has 8 heteroatoms. The van der Waals surface area contributed by atoms with Gasteiger partial charge < -0.3 is 19.1 Å². The van der Waals surface area contributed by atoms with Crippen molar-refractivity contribution in [3.8, 4) is 22.9 Å². The third-order valence-corrected chi connectivity index (χ3v) is 7.56. The van der Waals surface area contributed by atoms with Crippen LogP contribution >= 0.6 is 0 Å². The van der Waals surface area contributed by atoms with Crippen molar-refractivity contribution in [2.24, 2.45) is 0 Å². The molecule has 1 aliphatic rings. The summed E-state index contributed by atoms with van der Waals surface area (Å²) in [4.78, 5) is 35.2. The molecule has 0 saturated carbocycles. The van der Waals surface area contributed by atoms with Gasteiger partial charge in [0.05, 0.1) is 29.7 Å². The van der Waals surface area contributed by atoms with Gasteiger partial charge in [-0.05, 0) is 73.0 Å². The molecule has 6 rings (SSSR count). The normalized spacial score (nSPS) is 12.7. The van der Waals surface area contributed by atoms with Gasteiger partial charge in [-0.2, -0.15) is 0 Å². The molecule has 8 nitrogen and oxygen atoms in total. The number of methoxy groups -OCH3 is 1. The fourth-order valence-electron chi connectivity index (χ4n) is 5.39. The zero-order valence-corrected chi connectivity index (χ0v) is 23.5. The van der Waals surface area contributed by atoms with Crippen molar-refractivity contribution in [2.45, 2.75) is 25.8 Å². The van der Waals surface area contributed by atoms with E-state index < -0.39 is 6.04 Å². The average Bonchev–Trinajstić information content (AvgIpc) is 3.51. The van der Waals surface area contributed by atoms with Gasteiger partial charge in [-0.15, -0.1) is 0 Å². The van der Waals surface area contributed by atoms with E-state index >= 15 is 0 Å². The summed E-state index contributed by atoms with van der Waals surface area (Å²) in [6, 6.07) is 29.4. The standard InChI is InChI=1S/C34H31N3O5/c1-3-29(32-35-28-12-8-7-11-27(28)34(39)37(32)25-14-16-26(40-2)17-15-25)36(20-19-23-9-5-4-6-10-23)33(38)24-13-18-30-31(21-24)42-22-41-30/h4-18,21,29H,3,19-20,22H2,1-2H3. The summed E-state index contributed by atoms with van der Waals surface area (Å²) in [7, 11) is 1.60. The largest absolute Gasteiger partial charge is 0.497 e. The molecular formula is C34H31N3O5. The summed E-state index contributed by atoms with van der Waals surface area (Å²) < 4.78 is 18.0. The van der Waals surface area contributed by atoms with Gasteiger partial charge in [-0.3, -0.25) is 14.2 Å². The molecule has 0 radical (unpaired) electrons. The second-order valence-corrected chi connectivity index (χ2v) is 10.1. The van der Waals surface area contributed by atoms with E-state index in [-0.39, 0.29) is 18.3 Å². The molecule has 0 bridgehead atoms. The first-order chi connectivity index (χ1) is 20.6. The number of hydrogen-bond acceptors (Lipinski definition) is 6. The lowest BCUT2D eigenvalue weighted by molar-refractivity contribution is 0.0661. The summed E-state index contributed by atoms with van der Waals surface area (Å²) in [6.45, 7) is 2.55. The number of hydrogen-bond donors (Lipinski definition) is 0. The number of fused-ring (bicyclic) bond motifs is 2. The van der Waals surface area contributed by atoms with Crippen LogP contribution in [0.15, 0.2) is 102 Å². The van der Waals surface area contributed by atoms with Crippen LogP contribution in [0.4, 0.5) is 0 Å². The number of rotatable bonds is 9. The van der Waals surface area contributed by atoms with Crippen molar-refractivity contribution in [1.29, 1.82) is 0 Å². The molecule has 1 amide bonds. The van der Waals surface area contributed by atoms with E-state index in [4.69, 9.17) is 19.2 Å². The Hall–Kier alpha value is -5.11. The minimum absolute atomic E-state index is 0.122. The van der Waals surface area contributed by atoms with E-state index in [0.29, 0.717) is 64.6 Å². The zero-order valence-electron chi connectivity index (χ0n) is 23.5. The third kappa shape index (κ3) is 5.19.